The first-order valence-corrected chi connectivity index (χ1v) is 7.20. The minimum Gasteiger partial charge on any atom is -0.338 e. The Morgan fingerprint density at radius 2 is 1.55 bits per heavy atom. The topological polar surface area (TPSA) is 32.3 Å². The highest BCUT2D eigenvalue weighted by Crippen LogP contribution is 2.10. The van der Waals surface area contributed by atoms with Gasteiger partial charge < -0.3 is 4.90 Å². The fourth-order valence-electron chi connectivity index (χ4n) is 2.56. The Balaban J connectivity index is 1.47. The molecule has 1 aliphatic heterocycles. The molecule has 0 bridgehead atoms. The predicted octanol–water partition coefficient (Wildman–Crippen LogP) is 1.84. The average Bonchev–Trinajstić information content (AvgIpc) is 2.55. The van der Waals surface area contributed by atoms with Crippen molar-refractivity contribution in [2.75, 3.05) is 37.6 Å². The van der Waals surface area contributed by atoms with Gasteiger partial charge in [0, 0.05) is 45.1 Å². The van der Waals surface area contributed by atoms with E-state index in [1.54, 1.807) is 0 Å². The van der Waals surface area contributed by atoms with Gasteiger partial charge >= 0.3 is 0 Å². The van der Waals surface area contributed by atoms with E-state index in [1.807, 2.05) is 18.5 Å². The van der Waals surface area contributed by atoms with E-state index in [2.05, 4.69) is 50.1 Å². The Morgan fingerprint density at radius 3 is 2.25 bits per heavy atom. The third-order valence-electron chi connectivity index (χ3n) is 3.77. The average molecular weight is 268 g/mol. The molecule has 0 radical (unpaired) electrons. The van der Waals surface area contributed by atoms with Gasteiger partial charge in [-0.15, -0.1) is 0 Å². The molecule has 0 amide bonds. The van der Waals surface area contributed by atoms with Crippen LogP contribution in [-0.2, 0) is 6.42 Å². The highest BCUT2D eigenvalue weighted by atomic mass is 15.3. The van der Waals surface area contributed by atoms with E-state index in [9.17, 15) is 0 Å². The molecule has 0 atom stereocenters. The van der Waals surface area contributed by atoms with E-state index in [0.29, 0.717) is 0 Å². The van der Waals surface area contributed by atoms with Gasteiger partial charge in [0.15, 0.2) is 0 Å². The van der Waals surface area contributed by atoms with Crippen LogP contribution < -0.4 is 4.90 Å². The first-order chi connectivity index (χ1) is 9.92. The number of hydrogen-bond donors (Lipinski definition) is 0. The Hall–Kier alpha value is -1.94. The number of piperazine rings is 1. The highest BCUT2D eigenvalue weighted by Gasteiger charge is 2.18. The zero-order chi connectivity index (χ0) is 13.6. The van der Waals surface area contributed by atoms with Crippen molar-refractivity contribution in [2.24, 2.45) is 0 Å². The molecular weight excluding hydrogens is 248 g/mol. The maximum absolute atomic E-state index is 4.32. The van der Waals surface area contributed by atoms with Crippen molar-refractivity contribution in [1.82, 2.24) is 14.9 Å². The SMILES string of the molecule is c1ccc(CCN2CCN(c3ncccn3)CC2)cc1. The second kappa shape index (κ2) is 6.48. The van der Waals surface area contributed by atoms with Crippen LogP contribution in [0.2, 0.25) is 0 Å². The first-order valence-electron chi connectivity index (χ1n) is 7.20. The van der Waals surface area contributed by atoms with Gasteiger partial charge in [0.25, 0.3) is 0 Å². The quantitative estimate of drug-likeness (QED) is 0.847. The van der Waals surface area contributed by atoms with Crippen LogP contribution in [0.1, 0.15) is 5.56 Å². The van der Waals surface area contributed by atoms with Crippen LogP contribution in [0.3, 0.4) is 0 Å². The minimum atomic E-state index is 0.857. The predicted molar refractivity (Wildman–Crippen MR) is 80.8 cm³/mol. The molecule has 4 nitrogen and oxygen atoms in total. The molecule has 0 unspecified atom stereocenters. The first kappa shape index (κ1) is 13.1. The molecule has 1 saturated heterocycles. The molecule has 0 aliphatic carbocycles. The molecule has 3 rings (SSSR count). The lowest BCUT2D eigenvalue weighted by atomic mass is 10.1. The van der Waals surface area contributed by atoms with Gasteiger partial charge in [0.1, 0.15) is 0 Å². The summed E-state index contributed by atoms with van der Waals surface area (Å²) >= 11 is 0. The molecular formula is C16H20N4. The molecule has 0 saturated carbocycles. The maximum atomic E-state index is 4.32. The van der Waals surface area contributed by atoms with Crippen LogP contribution in [0.15, 0.2) is 48.8 Å². The van der Waals surface area contributed by atoms with Crippen molar-refractivity contribution in [2.45, 2.75) is 6.42 Å². The largest absolute Gasteiger partial charge is 0.338 e. The number of nitrogens with zero attached hydrogens (tertiary/aromatic N) is 4. The van der Waals surface area contributed by atoms with Crippen LogP contribution in [-0.4, -0.2) is 47.6 Å². The van der Waals surface area contributed by atoms with E-state index < -0.39 is 0 Å². The van der Waals surface area contributed by atoms with Crippen molar-refractivity contribution in [3.05, 3.63) is 54.4 Å². The van der Waals surface area contributed by atoms with Crippen LogP contribution in [0, 0.1) is 0 Å². The van der Waals surface area contributed by atoms with Crippen LogP contribution in [0.25, 0.3) is 0 Å². The van der Waals surface area contributed by atoms with Crippen molar-refractivity contribution in [3.8, 4) is 0 Å². The van der Waals surface area contributed by atoms with E-state index in [-0.39, 0.29) is 0 Å². The molecule has 1 aromatic carbocycles. The van der Waals surface area contributed by atoms with E-state index in [1.165, 1.54) is 5.56 Å². The Morgan fingerprint density at radius 1 is 0.850 bits per heavy atom. The lowest BCUT2D eigenvalue weighted by Gasteiger charge is -2.34. The Labute approximate surface area is 120 Å². The maximum Gasteiger partial charge on any atom is 0.225 e. The molecule has 1 fully saturated rings. The van der Waals surface area contributed by atoms with Crippen LogP contribution in [0.4, 0.5) is 5.95 Å². The van der Waals surface area contributed by atoms with Crippen molar-refractivity contribution >= 4 is 5.95 Å². The summed E-state index contributed by atoms with van der Waals surface area (Å²) in [7, 11) is 0. The summed E-state index contributed by atoms with van der Waals surface area (Å²) in [6.45, 7) is 5.33. The zero-order valence-corrected chi connectivity index (χ0v) is 11.7. The summed E-state index contributed by atoms with van der Waals surface area (Å²) < 4.78 is 0. The smallest absolute Gasteiger partial charge is 0.225 e. The van der Waals surface area contributed by atoms with Gasteiger partial charge in [-0.05, 0) is 18.1 Å². The fourth-order valence-corrected chi connectivity index (χ4v) is 2.56. The second-order valence-electron chi connectivity index (χ2n) is 5.11. The molecule has 1 aliphatic rings. The molecule has 1 aromatic heterocycles. The summed E-state index contributed by atoms with van der Waals surface area (Å²) in [4.78, 5) is 13.4. The number of hydrogen-bond acceptors (Lipinski definition) is 4. The minimum absolute atomic E-state index is 0.857. The molecule has 0 N–H and O–H groups in total. The van der Waals surface area contributed by atoms with Gasteiger partial charge in [0.2, 0.25) is 5.95 Å². The molecule has 0 spiro atoms. The molecule has 4 heteroatoms. The van der Waals surface area contributed by atoms with Gasteiger partial charge in [-0.25, -0.2) is 9.97 Å². The molecule has 2 heterocycles. The number of anilines is 1. The van der Waals surface area contributed by atoms with Crippen LogP contribution in [0.5, 0.6) is 0 Å². The standard InChI is InChI=1S/C16H20N4/c1-2-5-15(6-3-1)7-10-19-11-13-20(14-12-19)16-17-8-4-9-18-16/h1-6,8-9H,7,10-14H2. The number of aromatic nitrogens is 2. The Kier molecular flexibility index (Phi) is 4.23. The third kappa shape index (κ3) is 3.33. The molecule has 2 aromatic rings. The zero-order valence-electron chi connectivity index (χ0n) is 11.7. The molecule has 104 valence electrons. The lowest BCUT2D eigenvalue weighted by Crippen LogP contribution is -2.47. The van der Waals surface area contributed by atoms with Crippen molar-refractivity contribution in [3.63, 3.8) is 0 Å². The van der Waals surface area contributed by atoms with E-state index >= 15 is 0 Å². The third-order valence-corrected chi connectivity index (χ3v) is 3.77. The van der Waals surface area contributed by atoms with E-state index in [4.69, 9.17) is 0 Å². The number of rotatable bonds is 4. The number of benzene rings is 1. The van der Waals surface area contributed by atoms with Gasteiger partial charge in [-0.3, -0.25) is 4.90 Å². The summed E-state index contributed by atoms with van der Waals surface area (Å²) in [5, 5.41) is 0. The highest BCUT2D eigenvalue weighted by molar-refractivity contribution is 5.29. The fraction of sp³-hybridized carbons (Fsp3) is 0.375. The summed E-state index contributed by atoms with van der Waals surface area (Å²) in [6, 6.07) is 12.6. The monoisotopic (exact) mass is 268 g/mol. The van der Waals surface area contributed by atoms with Gasteiger partial charge in [0.05, 0.1) is 0 Å². The van der Waals surface area contributed by atoms with Crippen LogP contribution >= 0.6 is 0 Å². The van der Waals surface area contributed by atoms with Gasteiger partial charge in [-0.1, -0.05) is 30.3 Å². The Bertz CT molecular complexity index is 507. The van der Waals surface area contributed by atoms with Crippen molar-refractivity contribution < 1.29 is 0 Å². The van der Waals surface area contributed by atoms with Crippen molar-refractivity contribution in [1.29, 1.82) is 0 Å². The lowest BCUT2D eigenvalue weighted by molar-refractivity contribution is 0.260. The normalized spacial score (nSPS) is 16.3. The second-order valence-corrected chi connectivity index (χ2v) is 5.11. The summed E-state index contributed by atoms with van der Waals surface area (Å²) in [5.74, 6) is 0.857. The molecule has 20 heavy (non-hydrogen) atoms. The summed E-state index contributed by atoms with van der Waals surface area (Å²) in [6.07, 6.45) is 4.75. The van der Waals surface area contributed by atoms with Gasteiger partial charge in [-0.2, -0.15) is 0 Å². The summed E-state index contributed by atoms with van der Waals surface area (Å²) in [5.41, 5.74) is 1.42. The van der Waals surface area contributed by atoms with E-state index in [0.717, 1.165) is 45.1 Å².